The Bertz CT molecular complexity index is 474. The molecule has 1 saturated carbocycles. The lowest BCUT2D eigenvalue weighted by atomic mass is 9.88. The lowest BCUT2D eigenvalue weighted by Crippen LogP contribution is -2.44. The van der Waals surface area contributed by atoms with Crippen LogP contribution in [0.15, 0.2) is 18.2 Å². The lowest BCUT2D eigenvalue weighted by molar-refractivity contribution is 0.286. The van der Waals surface area contributed by atoms with E-state index in [9.17, 15) is 4.39 Å². The van der Waals surface area contributed by atoms with Gasteiger partial charge in [0.25, 0.3) is 0 Å². The molecule has 3 nitrogen and oxygen atoms in total. The Morgan fingerprint density at radius 3 is 2.81 bits per heavy atom. The fraction of sp³-hybridized carbons (Fsp3) is 0.647. The molecular formula is C17H25FN2O. The maximum absolute atomic E-state index is 13.8. The number of anilines is 1. The number of benzene rings is 1. The zero-order chi connectivity index (χ0) is 14.7. The van der Waals surface area contributed by atoms with Gasteiger partial charge in [-0.25, -0.2) is 4.39 Å². The summed E-state index contributed by atoms with van der Waals surface area (Å²) in [6, 6.07) is 6.23. The van der Waals surface area contributed by atoms with E-state index >= 15 is 0 Å². The molecule has 1 aliphatic heterocycles. The van der Waals surface area contributed by atoms with Crippen LogP contribution in [0.2, 0.25) is 0 Å². The Morgan fingerprint density at radius 1 is 1.19 bits per heavy atom. The Labute approximate surface area is 126 Å². The molecule has 2 aliphatic rings. The molecule has 1 saturated heterocycles. The van der Waals surface area contributed by atoms with E-state index in [1.807, 2.05) is 6.07 Å². The van der Waals surface area contributed by atoms with E-state index in [1.54, 1.807) is 12.1 Å². The largest absolute Gasteiger partial charge is 0.494 e. The zero-order valence-electron chi connectivity index (χ0n) is 12.7. The second kappa shape index (κ2) is 6.65. The second-order valence-corrected chi connectivity index (χ2v) is 6.25. The SMILES string of the molecule is COc1ccc(NC2CCCC2C2CCCCN2)cc1F. The molecular weight excluding hydrogens is 267 g/mol. The van der Waals surface area contributed by atoms with Crippen LogP contribution in [0.1, 0.15) is 38.5 Å². The Hall–Kier alpha value is -1.29. The van der Waals surface area contributed by atoms with Crippen molar-refractivity contribution in [3.05, 3.63) is 24.0 Å². The van der Waals surface area contributed by atoms with Crippen molar-refractivity contribution in [1.29, 1.82) is 0 Å². The molecule has 0 spiro atoms. The second-order valence-electron chi connectivity index (χ2n) is 6.25. The highest BCUT2D eigenvalue weighted by molar-refractivity contribution is 5.48. The number of nitrogens with one attached hydrogen (secondary N) is 2. The van der Waals surface area contributed by atoms with Crippen LogP contribution >= 0.6 is 0 Å². The van der Waals surface area contributed by atoms with E-state index in [1.165, 1.54) is 45.6 Å². The first kappa shape index (κ1) is 14.6. The summed E-state index contributed by atoms with van der Waals surface area (Å²) in [5.41, 5.74) is 0.862. The third-order valence-corrected chi connectivity index (χ3v) is 4.94. The van der Waals surface area contributed by atoms with Crippen LogP contribution in [0, 0.1) is 11.7 Å². The molecule has 1 aliphatic carbocycles. The van der Waals surface area contributed by atoms with E-state index in [4.69, 9.17) is 4.74 Å². The highest BCUT2D eigenvalue weighted by Gasteiger charge is 2.34. The van der Waals surface area contributed by atoms with E-state index < -0.39 is 0 Å². The minimum Gasteiger partial charge on any atom is -0.494 e. The van der Waals surface area contributed by atoms with Gasteiger partial charge in [-0.3, -0.25) is 0 Å². The first-order chi connectivity index (χ1) is 10.3. The Balaban J connectivity index is 1.66. The first-order valence-corrected chi connectivity index (χ1v) is 8.11. The van der Waals surface area contributed by atoms with Crippen LogP contribution in [0.4, 0.5) is 10.1 Å². The summed E-state index contributed by atoms with van der Waals surface area (Å²) in [6.07, 6.45) is 7.62. The van der Waals surface area contributed by atoms with Crippen molar-refractivity contribution in [3.8, 4) is 5.75 Å². The van der Waals surface area contributed by atoms with Crippen molar-refractivity contribution in [2.75, 3.05) is 19.0 Å². The van der Waals surface area contributed by atoms with Crippen molar-refractivity contribution in [1.82, 2.24) is 5.32 Å². The molecule has 0 amide bonds. The molecule has 2 fully saturated rings. The number of ether oxygens (including phenoxy) is 1. The van der Waals surface area contributed by atoms with Crippen molar-refractivity contribution < 1.29 is 9.13 Å². The molecule has 2 N–H and O–H groups in total. The van der Waals surface area contributed by atoms with Crippen LogP contribution in [0.25, 0.3) is 0 Å². The number of methoxy groups -OCH3 is 1. The van der Waals surface area contributed by atoms with Gasteiger partial charge in [-0.2, -0.15) is 0 Å². The fourth-order valence-electron chi connectivity index (χ4n) is 3.86. The summed E-state index contributed by atoms with van der Waals surface area (Å²) in [7, 11) is 1.49. The predicted molar refractivity (Wildman–Crippen MR) is 83.3 cm³/mol. The van der Waals surface area contributed by atoms with Crippen LogP contribution in [0.5, 0.6) is 5.75 Å². The number of piperidine rings is 1. The van der Waals surface area contributed by atoms with Crippen molar-refractivity contribution in [3.63, 3.8) is 0 Å². The minimum absolute atomic E-state index is 0.298. The average Bonchev–Trinajstić information content (AvgIpc) is 2.96. The molecule has 3 unspecified atom stereocenters. The predicted octanol–water partition coefficient (Wildman–Crippen LogP) is 3.56. The molecule has 116 valence electrons. The van der Waals surface area contributed by atoms with Crippen molar-refractivity contribution >= 4 is 5.69 Å². The van der Waals surface area contributed by atoms with E-state index in [0.29, 0.717) is 23.8 Å². The molecule has 3 rings (SSSR count). The number of halogens is 1. The van der Waals surface area contributed by atoms with Gasteiger partial charge in [-0.05, 0) is 50.3 Å². The van der Waals surface area contributed by atoms with Crippen LogP contribution < -0.4 is 15.4 Å². The summed E-state index contributed by atoms with van der Waals surface area (Å²) in [4.78, 5) is 0. The molecule has 0 radical (unpaired) electrons. The topological polar surface area (TPSA) is 33.3 Å². The third kappa shape index (κ3) is 3.31. The quantitative estimate of drug-likeness (QED) is 0.890. The highest BCUT2D eigenvalue weighted by atomic mass is 19.1. The van der Waals surface area contributed by atoms with E-state index in [0.717, 1.165) is 12.2 Å². The van der Waals surface area contributed by atoms with Gasteiger partial charge in [0.15, 0.2) is 11.6 Å². The molecule has 1 aromatic carbocycles. The monoisotopic (exact) mass is 292 g/mol. The van der Waals surface area contributed by atoms with Gasteiger partial charge in [0.05, 0.1) is 7.11 Å². The summed E-state index contributed by atoms with van der Waals surface area (Å²) >= 11 is 0. The van der Waals surface area contributed by atoms with Crippen molar-refractivity contribution in [2.24, 2.45) is 5.92 Å². The number of rotatable bonds is 4. The molecule has 21 heavy (non-hydrogen) atoms. The number of hydrogen-bond donors (Lipinski definition) is 2. The van der Waals surface area contributed by atoms with Gasteiger partial charge in [-0.1, -0.05) is 12.8 Å². The fourth-order valence-corrected chi connectivity index (χ4v) is 3.86. The smallest absolute Gasteiger partial charge is 0.167 e. The molecule has 4 heteroatoms. The number of hydrogen-bond acceptors (Lipinski definition) is 3. The summed E-state index contributed by atoms with van der Waals surface area (Å²) < 4.78 is 18.8. The van der Waals surface area contributed by atoms with Gasteiger partial charge >= 0.3 is 0 Å². The van der Waals surface area contributed by atoms with Gasteiger partial charge in [-0.15, -0.1) is 0 Å². The summed E-state index contributed by atoms with van der Waals surface area (Å²) in [5, 5.41) is 7.22. The summed E-state index contributed by atoms with van der Waals surface area (Å²) in [5.74, 6) is 0.667. The van der Waals surface area contributed by atoms with Gasteiger partial charge in [0, 0.05) is 23.8 Å². The van der Waals surface area contributed by atoms with Crippen LogP contribution in [-0.2, 0) is 0 Å². The first-order valence-electron chi connectivity index (χ1n) is 8.11. The van der Waals surface area contributed by atoms with Crippen molar-refractivity contribution in [2.45, 2.75) is 50.6 Å². The van der Waals surface area contributed by atoms with Gasteiger partial charge in [0.2, 0.25) is 0 Å². The average molecular weight is 292 g/mol. The molecule has 1 aromatic rings. The van der Waals surface area contributed by atoms with Gasteiger partial charge in [0.1, 0.15) is 0 Å². The highest BCUT2D eigenvalue weighted by Crippen LogP contribution is 2.34. The molecule has 0 bridgehead atoms. The Kier molecular flexibility index (Phi) is 4.63. The minimum atomic E-state index is -0.298. The standard InChI is InChI=1S/C17H25FN2O/c1-21-17-9-8-12(11-14(17)18)20-16-7-4-5-13(16)15-6-2-3-10-19-15/h8-9,11,13,15-16,19-20H,2-7,10H2,1H3. The molecule has 0 aromatic heterocycles. The van der Waals surface area contributed by atoms with E-state index in [-0.39, 0.29) is 5.82 Å². The summed E-state index contributed by atoms with van der Waals surface area (Å²) in [6.45, 7) is 1.14. The van der Waals surface area contributed by atoms with Crippen LogP contribution in [-0.4, -0.2) is 25.7 Å². The van der Waals surface area contributed by atoms with E-state index in [2.05, 4.69) is 10.6 Å². The maximum Gasteiger partial charge on any atom is 0.167 e. The lowest BCUT2D eigenvalue weighted by Gasteiger charge is -2.33. The Morgan fingerprint density at radius 2 is 2.10 bits per heavy atom. The zero-order valence-corrected chi connectivity index (χ0v) is 12.7. The normalized spacial score (nSPS) is 29.3. The molecule has 3 atom stereocenters. The third-order valence-electron chi connectivity index (χ3n) is 4.94. The maximum atomic E-state index is 13.8. The molecule has 1 heterocycles. The van der Waals surface area contributed by atoms with Gasteiger partial charge < -0.3 is 15.4 Å². The van der Waals surface area contributed by atoms with Crippen LogP contribution in [0.3, 0.4) is 0 Å².